The Morgan fingerprint density at radius 3 is 2.67 bits per heavy atom. The van der Waals surface area contributed by atoms with Crippen molar-refractivity contribution in [3.63, 3.8) is 0 Å². The van der Waals surface area contributed by atoms with Crippen molar-refractivity contribution in [2.75, 3.05) is 12.8 Å². The second-order valence-corrected chi connectivity index (χ2v) is 4.43. The van der Waals surface area contributed by atoms with Crippen LogP contribution in [0.2, 0.25) is 0 Å². The number of hydrogen-bond donors (Lipinski definition) is 1. The monoisotopic (exact) mass is 286 g/mol. The first-order valence-electron chi connectivity index (χ1n) is 6.13. The molecule has 0 amide bonds. The van der Waals surface area contributed by atoms with E-state index in [2.05, 4.69) is 4.98 Å². The van der Waals surface area contributed by atoms with Crippen molar-refractivity contribution in [3.8, 4) is 11.5 Å². The molecule has 106 valence electrons. The Balaban J connectivity index is 2.19. The van der Waals surface area contributed by atoms with E-state index < -0.39 is 5.97 Å². The maximum atomic E-state index is 12.9. The summed E-state index contributed by atoms with van der Waals surface area (Å²) >= 11 is 0. The number of carbonyl (C=O) groups excluding carboxylic acids is 1. The van der Waals surface area contributed by atoms with Gasteiger partial charge in [-0.1, -0.05) is 0 Å². The Kier molecular flexibility index (Phi) is 3.06. The van der Waals surface area contributed by atoms with Gasteiger partial charge in [-0.2, -0.15) is 0 Å². The van der Waals surface area contributed by atoms with E-state index in [0.717, 1.165) is 0 Å². The largest absolute Gasteiger partial charge is 0.465 e. The number of halogens is 1. The molecule has 21 heavy (non-hydrogen) atoms. The van der Waals surface area contributed by atoms with Gasteiger partial charge in [0.2, 0.25) is 5.89 Å². The minimum absolute atomic E-state index is 0.202. The molecule has 0 unspecified atom stereocenters. The first kappa shape index (κ1) is 13.1. The number of ether oxygens (including phenoxy) is 1. The van der Waals surface area contributed by atoms with Crippen molar-refractivity contribution >= 4 is 22.8 Å². The Labute approximate surface area is 119 Å². The third-order valence-corrected chi connectivity index (χ3v) is 3.01. The Bertz CT molecular complexity index is 825. The average molecular weight is 286 g/mol. The summed E-state index contributed by atoms with van der Waals surface area (Å²) in [5.41, 5.74) is 7.65. The number of methoxy groups -OCH3 is 1. The van der Waals surface area contributed by atoms with Gasteiger partial charge in [-0.25, -0.2) is 14.2 Å². The molecular weight excluding hydrogens is 275 g/mol. The van der Waals surface area contributed by atoms with Gasteiger partial charge in [-0.15, -0.1) is 0 Å². The summed E-state index contributed by atoms with van der Waals surface area (Å²) in [5.74, 6) is -0.635. The summed E-state index contributed by atoms with van der Waals surface area (Å²) in [6.45, 7) is 0. The average Bonchev–Trinajstić information content (AvgIpc) is 2.89. The molecule has 0 saturated carbocycles. The molecule has 3 aromatic rings. The van der Waals surface area contributed by atoms with Crippen LogP contribution in [0.5, 0.6) is 0 Å². The highest BCUT2D eigenvalue weighted by Gasteiger charge is 2.18. The lowest BCUT2D eigenvalue weighted by molar-refractivity contribution is 0.0602. The highest BCUT2D eigenvalue weighted by Crippen LogP contribution is 2.29. The van der Waals surface area contributed by atoms with Gasteiger partial charge in [0, 0.05) is 11.3 Å². The number of rotatable bonds is 2. The van der Waals surface area contributed by atoms with Gasteiger partial charge in [0.1, 0.15) is 16.9 Å². The van der Waals surface area contributed by atoms with Crippen molar-refractivity contribution in [3.05, 3.63) is 47.8 Å². The normalized spacial score (nSPS) is 10.8. The predicted octanol–water partition coefficient (Wildman–Crippen LogP) is 3.00. The number of nitrogens with zero attached hydrogens (tertiary/aromatic N) is 1. The van der Waals surface area contributed by atoms with E-state index in [9.17, 15) is 9.18 Å². The van der Waals surface area contributed by atoms with Gasteiger partial charge >= 0.3 is 5.97 Å². The van der Waals surface area contributed by atoms with E-state index in [1.807, 2.05) is 0 Å². The van der Waals surface area contributed by atoms with Crippen molar-refractivity contribution in [1.82, 2.24) is 4.98 Å². The van der Waals surface area contributed by atoms with E-state index in [4.69, 9.17) is 14.9 Å². The molecule has 0 spiro atoms. The Hall–Kier alpha value is -2.89. The number of aromatic nitrogens is 1. The summed E-state index contributed by atoms with van der Waals surface area (Å²) in [7, 11) is 1.27. The fourth-order valence-corrected chi connectivity index (χ4v) is 2.03. The third-order valence-electron chi connectivity index (χ3n) is 3.01. The number of nitrogen functional groups attached to an aromatic ring is 1. The van der Waals surface area contributed by atoms with Gasteiger partial charge in [-0.05, 0) is 36.4 Å². The molecule has 0 fully saturated rings. The van der Waals surface area contributed by atoms with Crippen LogP contribution in [0.1, 0.15) is 10.4 Å². The van der Waals surface area contributed by atoms with Crippen LogP contribution in [-0.4, -0.2) is 18.1 Å². The SMILES string of the molecule is COC(=O)c1cc(N)cc2nc(-c3ccc(F)cc3)oc12. The number of esters is 1. The fourth-order valence-electron chi connectivity index (χ4n) is 2.03. The van der Waals surface area contributed by atoms with Crippen molar-refractivity contribution in [1.29, 1.82) is 0 Å². The van der Waals surface area contributed by atoms with E-state index in [0.29, 0.717) is 16.8 Å². The van der Waals surface area contributed by atoms with Crippen LogP contribution in [0.3, 0.4) is 0 Å². The smallest absolute Gasteiger partial charge is 0.341 e. The molecule has 0 aliphatic heterocycles. The molecule has 5 nitrogen and oxygen atoms in total. The van der Waals surface area contributed by atoms with Gasteiger partial charge in [0.25, 0.3) is 0 Å². The molecule has 1 aromatic heterocycles. The van der Waals surface area contributed by atoms with Gasteiger partial charge in [-0.3, -0.25) is 0 Å². The minimum Gasteiger partial charge on any atom is -0.465 e. The second kappa shape index (κ2) is 4.90. The summed E-state index contributed by atoms with van der Waals surface area (Å²) in [6, 6.07) is 8.76. The number of oxazole rings is 1. The van der Waals surface area contributed by atoms with Crippen LogP contribution in [0.15, 0.2) is 40.8 Å². The zero-order valence-electron chi connectivity index (χ0n) is 11.1. The minimum atomic E-state index is -0.561. The number of hydrogen-bond acceptors (Lipinski definition) is 5. The summed E-state index contributed by atoms with van der Waals surface area (Å²) in [6.07, 6.45) is 0. The van der Waals surface area contributed by atoms with Crippen LogP contribution in [-0.2, 0) is 4.74 Å². The molecule has 2 aromatic carbocycles. The quantitative estimate of drug-likeness (QED) is 0.578. The Morgan fingerprint density at radius 1 is 1.29 bits per heavy atom. The molecular formula is C15H11FN2O3. The summed E-state index contributed by atoms with van der Waals surface area (Å²) < 4.78 is 23.3. The number of nitrogens with two attached hydrogens (primary N) is 1. The van der Waals surface area contributed by atoms with Crippen molar-refractivity contribution in [2.24, 2.45) is 0 Å². The molecule has 0 saturated heterocycles. The van der Waals surface area contributed by atoms with E-state index in [1.54, 1.807) is 18.2 Å². The van der Waals surface area contributed by atoms with Crippen LogP contribution in [0.4, 0.5) is 10.1 Å². The summed E-state index contributed by atoms with van der Waals surface area (Å²) in [5, 5.41) is 0. The maximum absolute atomic E-state index is 12.9. The number of benzene rings is 2. The highest BCUT2D eigenvalue weighted by molar-refractivity contribution is 6.03. The zero-order chi connectivity index (χ0) is 15.0. The lowest BCUT2D eigenvalue weighted by Gasteiger charge is -2.00. The first-order valence-corrected chi connectivity index (χ1v) is 6.13. The number of anilines is 1. The van der Waals surface area contributed by atoms with Gasteiger partial charge < -0.3 is 14.9 Å². The molecule has 6 heteroatoms. The molecule has 2 N–H and O–H groups in total. The highest BCUT2D eigenvalue weighted by atomic mass is 19.1. The first-order chi connectivity index (χ1) is 10.1. The van der Waals surface area contributed by atoms with Crippen molar-refractivity contribution < 1.29 is 18.3 Å². The lowest BCUT2D eigenvalue weighted by atomic mass is 10.2. The van der Waals surface area contributed by atoms with Crippen molar-refractivity contribution in [2.45, 2.75) is 0 Å². The third kappa shape index (κ3) is 2.31. The maximum Gasteiger partial charge on any atom is 0.341 e. The molecule has 3 rings (SSSR count). The van der Waals surface area contributed by atoms with E-state index in [1.165, 1.54) is 25.3 Å². The molecule has 0 bridgehead atoms. The van der Waals surface area contributed by atoms with Crippen LogP contribution >= 0.6 is 0 Å². The van der Waals surface area contributed by atoms with Crippen LogP contribution in [0, 0.1) is 5.82 Å². The molecule has 0 atom stereocenters. The fraction of sp³-hybridized carbons (Fsp3) is 0.0667. The zero-order valence-corrected chi connectivity index (χ0v) is 11.1. The van der Waals surface area contributed by atoms with E-state index in [-0.39, 0.29) is 22.9 Å². The van der Waals surface area contributed by atoms with Crippen LogP contribution < -0.4 is 5.73 Å². The van der Waals surface area contributed by atoms with Gasteiger partial charge in [0.15, 0.2) is 5.58 Å². The number of fused-ring (bicyclic) bond motifs is 1. The molecule has 0 aliphatic rings. The Morgan fingerprint density at radius 2 is 2.00 bits per heavy atom. The molecule has 0 radical (unpaired) electrons. The predicted molar refractivity (Wildman–Crippen MR) is 75.2 cm³/mol. The standard InChI is InChI=1S/C15H11FN2O3/c1-20-15(19)11-6-10(17)7-12-13(11)21-14(18-12)8-2-4-9(16)5-3-8/h2-7H,17H2,1H3. The van der Waals surface area contributed by atoms with Gasteiger partial charge in [0.05, 0.1) is 7.11 Å². The lowest BCUT2D eigenvalue weighted by Crippen LogP contribution is -2.02. The second-order valence-electron chi connectivity index (χ2n) is 4.43. The van der Waals surface area contributed by atoms with E-state index >= 15 is 0 Å². The summed E-state index contributed by atoms with van der Waals surface area (Å²) in [4.78, 5) is 16.0. The van der Waals surface area contributed by atoms with Crippen LogP contribution in [0.25, 0.3) is 22.6 Å². The molecule has 1 heterocycles. The number of carbonyl (C=O) groups is 1. The molecule has 0 aliphatic carbocycles. The topological polar surface area (TPSA) is 78.4 Å².